The first-order valence-electron chi connectivity index (χ1n) is 6.74. The molecule has 2 N–H and O–H groups in total. The molecule has 2 aromatic rings. The van der Waals surface area contributed by atoms with E-state index in [1.54, 1.807) is 18.3 Å². The number of pyridine rings is 1. The number of aliphatic carboxylic acids is 1. The first-order valence-corrected chi connectivity index (χ1v) is 6.74. The summed E-state index contributed by atoms with van der Waals surface area (Å²) >= 11 is 0. The number of rotatable bonds is 6. The highest BCUT2D eigenvalue weighted by atomic mass is 16.5. The number of carbonyl (C=O) groups is 2. The summed E-state index contributed by atoms with van der Waals surface area (Å²) in [7, 11) is 0. The molecular formula is C16H16N2O4. The molecule has 0 saturated carbocycles. The summed E-state index contributed by atoms with van der Waals surface area (Å²) < 4.78 is 5.10. The van der Waals surface area contributed by atoms with Gasteiger partial charge in [0.25, 0.3) is 0 Å². The molecule has 114 valence electrons. The van der Waals surface area contributed by atoms with Gasteiger partial charge in [0.15, 0.2) is 0 Å². The molecule has 0 fully saturated rings. The number of carboxylic acid groups (broad SMARTS) is 1. The van der Waals surface area contributed by atoms with Gasteiger partial charge < -0.3 is 15.2 Å². The van der Waals surface area contributed by atoms with E-state index in [1.807, 2.05) is 30.3 Å². The lowest BCUT2D eigenvalue weighted by Crippen LogP contribution is -2.30. The monoisotopic (exact) mass is 300 g/mol. The number of nitrogens with zero attached hydrogens (tertiary/aromatic N) is 1. The standard InChI is InChI=1S/C16H16N2O4/c19-15(20)9-14(13-7-4-8-17-10-13)18-16(21)22-11-12-5-2-1-3-6-12/h1-8,10,14H,9,11H2,(H,18,21)(H,19,20)/t14-/m0/s1. The second-order valence-electron chi connectivity index (χ2n) is 4.64. The Hall–Kier alpha value is -2.89. The molecule has 6 heteroatoms. The van der Waals surface area contributed by atoms with Crippen molar-refractivity contribution in [3.8, 4) is 0 Å². The van der Waals surface area contributed by atoms with E-state index in [1.165, 1.54) is 6.20 Å². The maximum absolute atomic E-state index is 11.8. The fourth-order valence-corrected chi connectivity index (χ4v) is 1.92. The van der Waals surface area contributed by atoms with E-state index in [0.29, 0.717) is 5.56 Å². The van der Waals surface area contributed by atoms with Gasteiger partial charge in [-0.25, -0.2) is 4.79 Å². The molecule has 0 aliphatic heterocycles. The molecule has 1 atom stereocenters. The molecule has 0 spiro atoms. The average Bonchev–Trinajstić information content (AvgIpc) is 2.54. The minimum atomic E-state index is -1.02. The predicted molar refractivity (Wildman–Crippen MR) is 79.0 cm³/mol. The quantitative estimate of drug-likeness (QED) is 0.855. The number of nitrogens with one attached hydrogen (secondary N) is 1. The third-order valence-electron chi connectivity index (χ3n) is 2.97. The molecule has 0 aliphatic rings. The van der Waals surface area contributed by atoms with Crippen LogP contribution in [-0.4, -0.2) is 22.2 Å². The van der Waals surface area contributed by atoms with E-state index >= 15 is 0 Å². The highest BCUT2D eigenvalue weighted by Crippen LogP contribution is 2.16. The van der Waals surface area contributed by atoms with Crippen LogP contribution in [0.15, 0.2) is 54.9 Å². The summed E-state index contributed by atoms with van der Waals surface area (Å²) in [4.78, 5) is 26.7. The SMILES string of the molecule is O=C(O)C[C@H](NC(=O)OCc1ccccc1)c1cccnc1. The smallest absolute Gasteiger partial charge is 0.407 e. The second kappa shape index (κ2) is 7.78. The van der Waals surface area contributed by atoms with Crippen molar-refractivity contribution in [2.45, 2.75) is 19.1 Å². The van der Waals surface area contributed by atoms with Crippen LogP contribution in [0.25, 0.3) is 0 Å². The second-order valence-corrected chi connectivity index (χ2v) is 4.64. The number of amides is 1. The van der Waals surface area contributed by atoms with Gasteiger partial charge in [-0.15, -0.1) is 0 Å². The van der Waals surface area contributed by atoms with Crippen LogP contribution in [-0.2, 0) is 16.1 Å². The molecule has 0 radical (unpaired) electrons. The molecule has 22 heavy (non-hydrogen) atoms. The molecule has 0 unspecified atom stereocenters. The van der Waals surface area contributed by atoms with Crippen LogP contribution in [0.5, 0.6) is 0 Å². The number of alkyl carbamates (subject to hydrolysis) is 1. The van der Waals surface area contributed by atoms with E-state index in [4.69, 9.17) is 9.84 Å². The van der Waals surface area contributed by atoms with Crippen molar-refractivity contribution in [3.05, 3.63) is 66.0 Å². The Morgan fingerprint density at radius 2 is 1.95 bits per heavy atom. The van der Waals surface area contributed by atoms with Gasteiger partial charge >= 0.3 is 12.1 Å². The normalized spacial score (nSPS) is 11.5. The van der Waals surface area contributed by atoms with Gasteiger partial charge in [-0.1, -0.05) is 36.4 Å². The molecule has 6 nitrogen and oxygen atoms in total. The Kier molecular flexibility index (Phi) is 5.48. The molecule has 1 heterocycles. The Balaban J connectivity index is 1.95. The van der Waals surface area contributed by atoms with Crippen molar-refractivity contribution < 1.29 is 19.4 Å². The first-order chi connectivity index (χ1) is 10.6. The van der Waals surface area contributed by atoms with Gasteiger partial charge in [0.1, 0.15) is 6.61 Å². The van der Waals surface area contributed by atoms with Gasteiger partial charge in [-0.2, -0.15) is 0 Å². The lowest BCUT2D eigenvalue weighted by atomic mass is 10.1. The highest BCUT2D eigenvalue weighted by molar-refractivity contribution is 5.71. The molecule has 1 aromatic carbocycles. The first kappa shape index (κ1) is 15.5. The number of aromatic nitrogens is 1. The summed E-state index contributed by atoms with van der Waals surface area (Å²) in [5.74, 6) is -1.02. The fraction of sp³-hybridized carbons (Fsp3) is 0.188. The summed E-state index contributed by atoms with van der Waals surface area (Å²) in [5, 5.41) is 11.5. The van der Waals surface area contributed by atoms with Crippen LogP contribution in [0.3, 0.4) is 0 Å². The van der Waals surface area contributed by atoms with E-state index in [0.717, 1.165) is 5.56 Å². The van der Waals surface area contributed by atoms with Gasteiger partial charge in [-0.05, 0) is 17.2 Å². The van der Waals surface area contributed by atoms with E-state index in [9.17, 15) is 9.59 Å². The Morgan fingerprint density at radius 1 is 1.18 bits per heavy atom. The molecule has 2 rings (SSSR count). The van der Waals surface area contributed by atoms with Crippen LogP contribution in [0, 0.1) is 0 Å². The minimum absolute atomic E-state index is 0.125. The molecule has 1 aromatic heterocycles. The van der Waals surface area contributed by atoms with Crippen LogP contribution in [0.2, 0.25) is 0 Å². The summed E-state index contributed by atoms with van der Waals surface area (Å²) in [6.07, 6.45) is 2.19. The van der Waals surface area contributed by atoms with Crippen molar-refractivity contribution in [1.82, 2.24) is 10.3 Å². The van der Waals surface area contributed by atoms with Crippen LogP contribution >= 0.6 is 0 Å². The zero-order chi connectivity index (χ0) is 15.8. The maximum atomic E-state index is 11.8. The van der Waals surface area contributed by atoms with Gasteiger partial charge in [0.05, 0.1) is 12.5 Å². The van der Waals surface area contributed by atoms with Crippen molar-refractivity contribution in [2.75, 3.05) is 0 Å². The molecule has 1 amide bonds. The largest absolute Gasteiger partial charge is 0.481 e. The number of carboxylic acids is 1. The average molecular weight is 300 g/mol. The Labute approximate surface area is 127 Å². The third kappa shape index (κ3) is 4.90. The van der Waals surface area contributed by atoms with Crippen LogP contribution in [0.4, 0.5) is 4.79 Å². The van der Waals surface area contributed by atoms with Crippen molar-refractivity contribution >= 4 is 12.1 Å². The molecule has 0 aliphatic carbocycles. The van der Waals surface area contributed by atoms with Gasteiger partial charge in [-0.3, -0.25) is 9.78 Å². The van der Waals surface area contributed by atoms with Crippen LogP contribution < -0.4 is 5.32 Å². The maximum Gasteiger partial charge on any atom is 0.407 e. The number of hydrogen-bond acceptors (Lipinski definition) is 4. The molecular weight excluding hydrogens is 284 g/mol. The van der Waals surface area contributed by atoms with Crippen LogP contribution in [0.1, 0.15) is 23.6 Å². The van der Waals surface area contributed by atoms with E-state index in [-0.39, 0.29) is 13.0 Å². The number of carbonyl (C=O) groups excluding carboxylic acids is 1. The summed E-state index contributed by atoms with van der Waals surface area (Å²) in [5.41, 5.74) is 1.47. The fourth-order valence-electron chi connectivity index (χ4n) is 1.92. The zero-order valence-corrected chi connectivity index (χ0v) is 11.8. The topological polar surface area (TPSA) is 88.5 Å². The van der Waals surface area contributed by atoms with Crippen molar-refractivity contribution in [2.24, 2.45) is 0 Å². The lowest BCUT2D eigenvalue weighted by molar-refractivity contribution is -0.137. The Morgan fingerprint density at radius 3 is 2.59 bits per heavy atom. The van der Waals surface area contributed by atoms with Gasteiger partial charge in [0.2, 0.25) is 0 Å². The number of ether oxygens (including phenoxy) is 1. The van der Waals surface area contributed by atoms with Crippen molar-refractivity contribution in [1.29, 1.82) is 0 Å². The van der Waals surface area contributed by atoms with E-state index in [2.05, 4.69) is 10.3 Å². The number of benzene rings is 1. The summed E-state index contributed by atoms with van der Waals surface area (Å²) in [6.45, 7) is 0.125. The zero-order valence-electron chi connectivity index (χ0n) is 11.8. The van der Waals surface area contributed by atoms with Gasteiger partial charge in [0, 0.05) is 12.4 Å². The highest BCUT2D eigenvalue weighted by Gasteiger charge is 2.19. The number of hydrogen-bond donors (Lipinski definition) is 2. The lowest BCUT2D eigenvalue weighted by Gasteiger charge is -2.16. The third-order valence-corrected chi connectivity index (χ3v) is 2.97. The van der Waals surface area contributed by atoms with Crippen molar-refractivity contribution in [3.63, 3.8) is 0 Å². The molecule has 0 saturated heterocycles. The Bertz CT molecular complexity index is 617. The molecule has 0 bridgehead atoms. The summed E-state index contributed by atoms with van der Waals surface area (Å²) in [6, 6.07) is 11.9. The predicted octanol–water partition coefficient (Wildman–Crippen LogP) is 2.52. The minimum Gasteiger partial charge on any atom is -0.481 e. The van der Waals surface area contributed by atoms with E-state index < -0.39 is 18.1 Å².